The number of carbonyl (C=O) groups is 1. The summed E-state index contributed by atoms with van der Waals surface area (Å²) < 4.78 is 11.3. The lowest BCUT2D eigenvalue weighted by atomic mass is 9.69. The molecule has 0 aromatic heterocycles. The first-order valence-corrected chi connectivity index (χ1v) is 9.10. The molecule has 132 valence electrons. The highest BCUT2D eigenvalue weighted by Gasteiger charge is 2.32. The van der Waals surface area contributed by atoms with Gasteiger partial charge in [-0.05, 0) is 43.1 Å². The number of fused-ring (bicyclic) bond motifs is 1. The van der Waals surface area contributed by atoms with Crippen LogP contribution in [-0.4, -0.2) is 19.1 Å². The van der Waals surface area contributed by atoms with E-state index in [1.807, 2.05) is 18.2 Å². The van der Waals surface area contributed by atoms with Crippen molar-refractivity contribution in [2.24, 2.45) is 17.3 Å². The number of nitrogens with one attached hydrogen (secondary N) is 1. The summed E-state index contributed by atoms with van der Waals surface area (Å²) in [6.45, 7) is 8.56. The number of benzene rings is 1. The minimum Gasteiger partial charge on any atom is -0.486 e. The van der Waals surface area contributed by atoms with Crippen LogP contribution in [0.25, 0.3) is 0 Å². The second-order valence-electron chi connectivity index (χ2n) is 8.07. The fraction of sp³-hybridized carbons (Fsp3) is 0.650. The van der Waals surface area contributed by atoms with Gasteiger partial charge in [-0.1, -0.05) is 32.9 Å². The van der Waals surface area contributed by atoms with Crippen molar-refractivity contribution in [2.45, 2.75) is 53.0 Å². The predicted molar refractivity (Wildman–Crippen MR) is 94.2 cm³/mol. The average Bonchev–Trinajstić information content (AvgIpc) is 2.59. The molecule has 1 aliphatic carbocycles. The number of hydrogen-bond acceptors (Lipinski definition) is 3. The Balaban J connectivity index is 1.54. The summed E-state index contributed by atoms with van der Waals surface area (Å²) in [6, 6.07) is 5.85. The van der Waals surface area contributed by atoms with Crippen LogP contribution >= 0.6 is 0 Å². The molecule has 0 saturated heterocycles. The standard InChI is InChI=1S/C20H29NO3/c1-20(2,3)16-9-7-14(8-10-16)19(22)21-13-15-5-4-6-17-18(15)24-12-11-23-17/h4-6,14,16H,7-13H2,1-3H3,(H,21,22). The van der Waals surface area contributed by atoms with Gasteiger partial charge in [-0.15, -0.1) is 0 Å². The number of carbonyl (C=O) groups excluding carboxylic acids is 1. The third-order valence-electron chi connectivity index (χ3n) is 5.42. The van der Waals surface area contributed by atoms with Crippen molar-refractivity contribution in [1.29, 1.82) is 0 Å². The Kier molecular flexibility index (Phi) is 5.02. The van der Waals surface area contributed by atoms with E-state index in [1.54, 1.807) is 0 Å². The van der Waals surface area contributed by atoms with Crippen LogP contribution in [-0.2, 0) is 11.3 Å². The molecule has 1 aromatic rings. The van der Waals surface area contributed by atoms with E-state index in [-0.39, 0.29) is 11.8 Å². The average molecular weight is 331 g/mol. The minimum atomic E-state index is 0.153. The number of ether oxygens (including phenoxy) is 2. The molecule has 0 radical (unpaired) electrons. The minimum absolute atomic E-state index is 0.153. The van der Waals surface area contributed by atoms with Gasteiger partial charge in [-0.3, -0.25) is 4.79 Å². The molecule has 1 N–H and O–H groups in total. The van der Waals surface area contributed by atoms with Crippen LogP contribution in [0.15, 0.2) is 18.2 Å². The lowest BCUT2D eigenvalue weighted by Crippen LogP contribution is -2.35. The zero-order chi connectivity index (χ0) is 17.2. The lowest BCUT2D eigenvalue weighted by Gasteiger charge is -2.36. The summed E-state index contributed by atoms with van der Waals surface area (Å²) in [4.78, 5) is 12.5. The van der Waals surface area contributed by atoms with E-state index in [2.05, 4.69) is 26.1 Å². The number of para-hydroxylation sites is 1. The zero-order valence-corrected chi connectivity index (χ0v) is 15.1. The van der Waals surface area contributed by atoms with Gasteiger partial charge in [-0.25, -0.2) is 0 Å². The van der Waals surface area contributed by atoms with Gasteiger partial charge in [0.25, 0.3) is 0 Å². The third kappa shape index (κ3) is 3.85. The van der Waals surface area contributed by atoms with Gasteiger partial charge in [0.05, 0.1) is 0 Å². The molecule has 1 amide bonds. The van der Waals surface area contributed by atoms with Gasteiger partial charge in [-0.2, -0.15) is 0 Å². The number of amides is 1. The summed E-state index contributed by atoms with van der Waals surface area (Å²) in [5.74, 6) is 2.62. The largest absolute Gasteiger partial charge is 0.486 e. The molecular formula is C20H29NO3. The molecule has 1 saturated carbocycles. The SMILES string of the molecule is CC(C)(C)C1CCC(C(=O)NCc2cccc3c2OCCO3)CC1. The van der Waals surface area contributed by atoms with Crippen molar-refractivity contribution in [3.63, 3.8) is 0 Å². The van der Waals surface area contributed by atoms with E-state index in [0.717, 1.165) is 48.7 Å². The highest BCUT2D eigenvalue weighted by molar-refractivity contribution is 5.78. The molecule has 1 aliphatic heterocycles. The number of rotatable bonds is 3. The smallest absolute Gasteiger partial charge is 0.223 e. The van der Waals surface area contributed by atoms with Crippen LogP contribution in [0.5, 0.6) is 11.5 Å². The topological polar surface area (TPSA) is 47.6 Å². The normalized spacial score (nSPS) is 23.6. The molecule has 2 aliphatic rings. The van der Waals surface area contributed by atoms with Gasteiger partial charge in [0.15, 0.2) is 11.5 Å². The molecule has 3 rings (SSSR count). The van der Waals surface area contributed by atoms with Crippen molar-refractivity contribution >= 4 is 5.91 Å². The van der Waals surface area contributed by atoms with E-state index < -0.39 is 0 Å². The summed E-state index contributed by atoms with van der Waals surface area (Å²) in [6.07, 6.45) is 4.30. The molecule has 1 heterocycles. The summed E-state index contributed by atoms with van der Waals surface area (Å²) in [5, 5.41) is 3.10. The van der Waals surface area contributed by atoms with Crippen LogP contribution < -0.4 is 14.8 Å². The molecular weight excluding hydrogens is 302 g/mol. The Morgan fingerprint density at radius 2 is 1.83 bits per heavy atom. The van der Waals surface area contributed by atoms with E-state index >= 15 is 0 Å². The fourth-order valence-corrected chi connectivity index (χ4v) is 3.82. The molecule has 4 nitrogen and oxygen atoms in total. The van der Waals surface area contributed by atoms with Crippen molar-refractivity contribution in [3.8, 4) is 11.5 Å². The van der Waals surface area contributed by atoms with Crippen LogP contribution in [0.1, 0.15) is 52.0 Å². The maximum absolute atomic E-state index is 12.5. The van der Waals surface area contributed by atoms with Gasteiger partial charge in [0.2, 0.25) is 5.91 Å². The van der Waals surface area contributed by atoms with E-state index in [1.165, 1.54) is 0 Å². The Hall–Kier alpha value is -1.71. The molecule has 1 aromatic carbocycles. The molecule has 0 unspecified atom stereocenters. The van der Waals surface area contributed by atoms with Crippen LogP contribution in [0, 0.1) is 17.3 Å². The first kappa shape index (κ1) is 17.1. The van der Waals surface area contributed by atoms with Gasteiger partial charge in [0.1, 0.15) is 13.2 Å². The fourth-order valence-electron chi connectivity index (χ4n) is 3.82. The van der Waals surface area contributed by atoms with Crippen molar-refractivity contribution in [3.05, 3.63) is 23.8 Å². The first-order valence-electron chi connectivity index (χ1n) is 9.10. The second-order valence-corrected chi connectivity index (χ2v) is 8.07. The summed E-state index contributed by atoms with van der Waals surface area (Å²) in [7, 11) is 0. The Morgan fingerprint density at radius 3 is 2.54 bits per heavy atom. The quantitative estimate of drug-likeness (QED) is 0.913. The van der Waals surface area contributed by atoms with Crippen LogP contribution in [0.4, 0.5) is 0 Å². The molecule has 4 heteroatoms. The van der Waals surface area contributed by atoms with Crippen molar-refractivity contribution in [1.82, 2.24) is 5.32 Å². The first-order chi connectivity index (χ1) is 11.4. The summed E-state index contributed by atoms with van der Waals surface area (Å²) in [5.41, 5.74) is 1.34. The molecule has 0 atom stereocenters. The van der Waals surface area contributed by atoms with Gasteiger partial charge in [0, 0.05) is 18.0 Å². The monoisotopic (exact) mass is 331 g/mol. The highest BCUT2D eigenvalue weighted by atomic mass is 16.6. The third-order valence-corrected chi connectivity index (χ3v) is 5.42. The van der Waals surface area contributed by atoms with Gasteiger partial charge < -0.3 is 14.8 Å². The highest BCUT2D eigenvalue weighted by Crippen LogP contribution is 2.40. The molecule has 24 heavy (non-hydrogen) atoms. The van der Waals surface area contributed by atoms with Crippen molar-refractivity contribution in [2.75, 3.05) is 13.2 Å². The maximum Gasteiger partial charge on any atom is 0.223 e. The predicted octanol–water partition coefficient (Wildman–Crippen LogP) is 3.93. The maximum atomic E-state index is 12.5. The summed E-state index contributed by atoms with van der Waals surface area (Å²) >= 11 is 0. The Morgan fingerprint density at radius 1 is 1.12 bits per heavy atom. The van der Waals surface area contributed by atoms with Crippen molar-refractivity contribution < 1.29 is 14.3 Å². The Bertz CT molecular complexity index is 583. The molecule has 0 spiro atoms. The van der Waals surface area contributed by atoms with Crippen LogP contribution in [0.2, 0.25) is 0 Å². The van der Waals surface area contributed by atoms with Gasteiger partial charge >= 0.3 is 0 Å². The molecule has 0 bridgehead atoms. The lowest BCUT2D eigenvalue weighted by molar-refractivity contribution is -0.126. The molecule has 1 fully saturated rings. The van der Waals surface area contributed by atoms with E-state index in [4.69, 9.17) is 9.47 Å². The van der Waals surface area contributed by atoms with E-state index in [9.17, 15) is 4.79 Å². The van der Waals surface area contributed by atoms with E-state index in [0.29, 0.717) is 25.2 Å². The van der Waals surface area contributed by atoms with Crippen LogP contribution in [0.3, 0.4) is 0 Å². The number of hydrogen-bond donors (Lipinski definition) is 1. The Labute approximate surface area is 144 Å². The second kappa shape index (κ2) is 7.04. The zero-order valence-electron chi connectivity index (χ0n) is 15.1.